The molecule has 1 fully saturated rings. The first-order chi connectivity index (χ1) is 14.2. The van der Waals surface area contributed by atoms with Crippen molar-refractivity contribution in [3.05, 3.63) is 33.1 Å². The van der Waals surface area contributed by atoms with Crippen LogP contribution in [0.1, 0.15) is 53.7 Å². The lowest BCUT2D eigenvalue weighted by atomic mass is 10.1. The zero-order valence-corrected chi connectivity index (χ0v) is 18.8. The fourth-order valence-corrected chi connectivity index (χ4v) is 5.16. The summed E-state index contributed by atoms with van der Waals surface area (Å²) in [6.45, 7) is 9.97. The molecular weight excluding hydrogens is 414 g/mol. The van der Waals surface area contributed by atoms with Crippen molar-refractivity contribution < 1.29 is 18.2 Å². The number of halogens is 1. The standard InChI is InChI=1S/C19H30FN4O5P/c1-6-14-17(16(20)18(28-14)23-10-8-15(25)22-19(23)26)29-30(27-11-7-9-21)24(12(2)3)13(4)5/h8,10,12-14,16-18H,6-7,11H2,1-5H3,(H,22,25,26)/t14-,16+,17-,18+,30?/m1/s1. The summed E-state index contributed by atoms with van der Waals surface area (Å²) in [7, 11) is -1.67. The van der Waals surface area contributed by atoms with Crippen LogP contribution in [0.5, 0.6) is 0 Å². The summed E-state index contributed by atoms with van der Waals surface area (Å²) in [6.07, 6.45) is -2.56. The molecular formula is C19H30FN4O5P. The van der Waals surface area contributed by atoms with E-state index in [-0.39, 0.29) is 25.1 Å². The van der Waals surface area contributed by atoms with E-state index >= 15 is 4.39 Å². The summed E-state index contributed by atoms with van der Waals surface area (Å²) in [4.78, 5) is 25.6. The SMILES string of the molecule is CC[C@H]1O[C@H](n2ccc(=O)[nH]c2=O)[C@@H](F)[C@@H]1OP(OCCC#N)N(C(C)C)C(C)C. The lowest BCUT2D eigenvalue weighted by Gasteiger charge is -2.37. The Hall–Kier alpha value is -1.63. The van der Waals surface area contributed by atoms with E-state index in [0.29, 0.717) is 6.42 Å². The molecule has 1 aliphatic rings. The molecule has 1 unspecified atom stereocenters. The van der Waals surface area contributed by atoms with Gasteiger partial charge in [-0.2, -0.15) is 5.26 Å². The average molecular weight is 444 g/mol. The van der Waals surface area contributed by atoms with Crippen molar-refractivity contribution in [3.8, 4) is 6.07 Å². The van der Waals surface area contributed by atoms with Crippen molar-refractivity contribution >= 4 is 8.53 Å². The summed E-state index contributed by atoms with van der Waals surface area (Å²) < 4.78 is 36.3. The number of aromatic amines is 1. The van der Waals surface area contributed by atoms with Gasteiger partial charge in [0.15, 0.2) is 12.4 Å². The van der Waals surface area contributed by atoms with Crippen LogP contribution < -0.4 is 11.2 Å². The molecule has 0 spiro atoms. The highest BCUT2D eigenvalue weighted by Crippen LogP contribution is 2.50. The van der Waals surface area contributed by atoms with Gasteiger partial charge < -0.3 is 13.8 Å². The van der Waals surface area contributed by atoms with Gasteiger partial charge >= 0.3 is 5.69 Å². The monoisotopic (exact) mass is 444 g/mol. The average Bonchev–Trinajstić information content (AvgIpc) is 2.97. The van der Waals surface area contributed by atoms with Gasteiger partial charge in [-0.05, 0) is 34.1 Å². The summed E-state index contributed by atoms with van der Waals surface area (Å²) in [5, 5.41) is 8.83. The van der Waals surface area contributed by atoms with Crippen molar-refractivity contribution in [3.63, 3.8) is 0 Å². The van der Waals surface area contributed by atoms with Gasteiger partial charge in [-0.3, -0.25) is 14.3 Å². The molecule has 168 valence electrons. The van der Waals surface area contributed by atoms with Crippen LogP contribution in [-0.4, -0.2) is 51.3 Å². The summed E-state index contributed by atoms with van der Waals surface area (Å²) in [6, 6.07) is 3.30. The molecule has 0 radical (unpaired) electrons. The normalized spacial score (nSPS) is 25.2. The molecule has 1 saturated heterocycles. The zero-order valence-electron chi connectivity index (χ0n) is 17.9. The molecule has 1 aliphatic heterocycles. The van der Waals surface area contributed by atoms with Crippen LogP contribution in [-0.2, 0) is 13.8 Å². The fraction of sp³-hybridized carbons (Fsp3) is 0.737. The summed E-state index contributed by atoms with van der Waals surface area (Å²) in [5.74, 6) is 0. The number of aromatic nitrogens is 2. The molecule has 0 aromatic carbocycles. The maximum absolute atomic E-state index is 15.5. The molecule has 1 aromatic heterocycles. The smallest absolute Gasteiger partial charge is 0.330 e. The number of H-pyrrole nitrogens is 1. The van der Waals surface area contributed by atoms with Crippen molar-refractivity contribution in [2.45, 2.75) is 84.2 Å². The maximum atomic E-state index is 15.5. The van der Waals surface area contributed by atoms with Gasteiger partial charge in [0.1, 0.15) is 6.10 Å². The maximum Gasteiger partial charge on any atom is 0.330 e. The number of ether oxygens (including phenoxy) is 1. The lowest BCUT2D eigenvalue weighted by Crippen LogP contribution is -2.38. The summed E-state index contributed by atoms with van der Waals surface area (Å²) >= 11 is 0. The second-order valence-corrected chi connectivity index (χ2v) is 8.96. The number of nitrogens with zero attached hydrogens (tertiary/aromatic N) is 3. The highest BCUT2D eigenvalue weighted by atomic mass is 31.2. The second-order valence-electron chi connectivity index (χ2n) is 7.55. The van der Waals surface area contributed by atoms with Crippen LogP contribution in [0.3, 0.4) is 0 Å². The number of alkyl halides is 1. The minimum atomic E-state index is -1.67. The molecule has 0 bridgehead atoms. The van der Waals surface area contributed by atoms with Gasteiger partial charge in [-0.1, -0.05) is 6.92 Å². The quantitative estimate of drug-likeness (QED) is 0.436. The molecule has 2 rings (SSSR count). The van der Waals surface area contributed by atoms with E-state index in [2.05, 4.69) is 4.98 Å². The van der Waals surface area contributed by atoms with Crippen molar-refractivity contribution in [2.75, 3.05) is 6.61 Å². The van der Waals surface area contributed by atoms with E-state index in [0.717, 1.165) is 10.6 Å². The molecule has 11 heteroatoms. The Bertz CT molecular complexity index is 831. The first-order valence-corrected chi connectivity index (χ1v) is 11.2. The van der Waals surface area contributed by atoms with Crippen LogP contribution in [0.15, 0.2) is 21.9 Å². The van der Waals surface area contributed by atoms with Crippen molar-refractivity contribution in [1.29, 1.82) is 5.26 Å². The fourth-order valence-electron chi connectivity index (χ4n) is 3.40. The molecule has 9 nitrogen and oxygen atoms in total. The Morgan fingerprint density at radius 1 is 1.37 bits per heavy atom. The van der Waals surface area contributed by atoms with Gasteiger partial charge in [0.25, 0.3) is 14.1 Å². The van der Waals surface area contributed by atoms with Gasteiger partial charge in [-0.15, -0.1) is 0 Å². The third-order valence-corrected chi connectivity index (χ3v) is 6.80. The molecule has 1 N–H and O–H groups in total. The Labute approximate surface area is 176 Å². The predicted molar refractivity (Wildman–Crippen MR) is 111 cm³/mol. The van der Waals surface area contributed by atoms with Gasteiger partial charge in [0.05, 0.1) is 25.2 Å². The minimum Gasteiger partial charge on any atom is -0.349 e. The van der Waals surface area contributed by atoms with Crippen molar-refractivity contribution in [2.24, 2.45) is 0 Å². The third-order valence-electron chi connectivity index (χ3n) is 4.67. The third kappa shape index (κ3) is 5.74. The van der Waals surface area contributed by atoms with E-state index in [9.17, 15) is 9.59 Å². The van der Waals surface area contributed by atoms with Crippen LogP contribution in [0.4, 0.5) is 4.39 Å². The summed E-state index contributed by atoms with van der Waals surface area (Å²) in [5.41, 5.74) is -1.31. The minimum absolute atomic E-state index is 0.0660. The van der Waals surface area contributed by atoms with E-state index < -0.39 is 44.4 Å². The van der Waals surface area contributed by atoms with E-state index in [1.54, 1.807) is 0 Å². The van der Waals surface area contributed by atoms with Crippen LogP contribution in [0.25, 0.3) is 0 Å². The zero-order chi connectivity index (χ0) is 22.4. The number of nitriles is 1. The molecule has 2 heterocycles. The number of hydrogen-bond donors (Lipinski definition) is 1. The van der Waals surface area contributed by atoms with Gasteiger partial charge in [-0.25, -0.2) is 13.9 Å². The number of nitrogens with one attached hydrogen (secondary N) is 1. The predicted octanol–water partition coefficient (Wildman–Crippen LogP) is 2.84. The van der Waals surface area contributed by atoms with Crippen LogP contribution in [0.2, 0.25) is 0 Å². The number of hydrogen-bond acceptors (Lipinski definition) is 7. The molecule has 5 atom stereocenters. The van der Waals surface area contributed by atoms with Crippen LogP contribution >= 0.6 is 8.53 Å². The first-order valence-electron chi connectivity index (χ1n) is 10.1. The Kier molecular flexibility index (Phi) is 9.13. The van der Waals surface area contributed by atoms with E-state index in [1.165, 1.54) is 6.20 Å². The first kappa shape index (κ1) is 24.6. The van der Waals surface area contributed by atoms with Crippen molar-refractivity contribution in [1.82, 2.24) is 14.2 Å². The Morgan fingerprint density at radius 3 is 2.57 bits per heavy atom. The highest BCUT2D eigenvalue weighted by Gasteiger charge is 2.48. The molecule has 0 aliphatic carbocycles. The van der Waals surface area contributed by atoms with Gasteiger partial charge in [0, 0.05) is 24.3 Å². The largest absolute Gasteiger partial charge is 0.349 e. The van der Waals surface area contributed by atoms with Crippen LogP contribution in [0, 0.1) is 11.3 Å². The molecule has 0 amide bonds. The second kappa shape index (κ2) is 11.1. The molecule has 1 aromatic rings. The Balaban J connectivity index is 2.29. The topological polar surface area (TPSA) is 110 Å². The molecule has 30 heavy (non-hydrogen) atoms. The van der Waals surface area contributed by atoms with Gasteiger partial charge in [0.2, 0.25) is 0 Å². The Morgan fingerprint density at radius 2 is 2.03 bits per heavy atom. The van der Waals surface area contributed by atoms with E-state index in [1.807, 2.05) is 45.4 Å². The number of rotatable bonds is 10. The highest BCUT2D eigenvalue weighted by molar-refractivity contribution is 7.44. The molecule has 0 saturated carbocycles. The lowest BCUT2D eigenvalue weighted by molar-refractivity contribution is -0.0273. The van der Waals surface area contributed by atoms with E-state index in [4.69, 9.17) is 19.0 Å².